The van der Waals surface area contributed by atoms with E-state index in [1.54, 1.807) is 0 Å². The van der Waals surface area contributed by atoms with Gasteiger partial charge in [-0.05, 0) is 37.5 Å². The van der Waals surface area contributed by atoms with Gasteiger partial charge in [-0.15, -0.1) is 0 Å². The number of hydrogen-bond acceptors (Lipinski definition) is 4. The Morgan fingerprint density at radius 1 is 1.39 bits per heavy atom. The quantitative estimate of drug-likeness (QED) is 0.926. The van der Waals surface area contributed by atoms with Crippen LogP contribution in [0.3, 0.4) is 0 Å². The number of hydrogen-bond donors (Lipinski definition) is 1. The summed E-state index contributed by atoms with van der Waals surface area (Å²) in [7, 11) is 0. The van der Waals surface area contributed by atoms with E-state index in [9.17, 15) is 5.11 Å². The molecular weight excluding hydrogens is 296 g/mol. The van der Waals surface area contributed by atoms with Gasteiger partial charge in [-0.1, -0.05) is 27.2 Å². The van der Waals surface area contributed by atoms with E-state index >= 15 is 0 Å². The molecular formula is C13H13BrN2O2. The molecule has 0 aliphatic heterocycles. The van der Waals surface area contributed by atoms with Gasteiger partial charge >= 0.3 is 0 Å². The molecule has 0 spiro atoms. The molecule has 0 saturated heterocycles. The number of aromatic nitrogens is 2. The third-order valence-corrected chi connectivity index (χ3v) is 3.93. The van der Waals surface area contributed by atoms with Gasteiger partial charge in [0, 0.05) is 16.0 Å². The van der Waals surface area contributed by atoms with E-state index < -0.39 is 0 Å². The number of aliphatic hydroxyl groups excluding tert-OH is 1. The molecule has 1 N–H and O–H groups in total. The van der Waals surface area contributed by atoms with Gasteiger partial charge in [-0.25, -0.2) is 0 Å². The number of aryl methyl sites for hydroxylation is 1. The van der Waals surface area contributed by atoms with E-state index in [0.717, 1.165) is 22.9 Å². The smallest absolute Gasteiger partial charge is 0.230 e. The summed E-state index contributed by atoms with van der Waals surface area (Å²) >= 11 is 3.51. The lowest BCUT2D eigenvalue weighted by Crippen LogP contribution is -2.26. The minimum absolute atomic E-state index is 0.212. The van der Waals surface area contributed by atoms with Crippen LogP contribution >= 0.6 is 15.9 Å². The van der Waals surface area contributed by atoms with Crippen molar-refractivity contribution < 1.29 is 9.63 Å². The molecule has 0 unspecified atom stereocenters. The molecule has 1 heterocycles. The molecule has 1 aromatic heterocycles. The van der Waals surface area contributed by atoms with Gasteiger partial charge in [0.1, 0.15) is 0 Å². The topological polar surface area (TPSA) is 59.2 Å². The number of halogens is 1. The van der Waals surface area contributed by atoms with Gasteiger partial charge < -0.3 is 9.63 Å². The van der Waals surface area contributed by atoms with Crippen LogP contribution in [0.1, 0.15) is 30.2 Å². The van der Waals surface area contributed by atoms with E-state index in [-0.39, 0.29) is 12.0 Å². The maximum absolute atomic E-state index is 9.28. The average molecular weight is 309 g/mol. The van der Waals surface area contributed by atoms with Crippen molar-refractivity contribution in [2.75, 3.05) is 0 Å². The van der Waals surface area contributed by atoms with Crippen molar-refractivity contribution in [1.82, 2.24) is 10.1 Å². The largest absolute Gasteiger partial charge is 0.393 e. The van der Waals surface area contributed by atoms with Crippen molar-refractivity contribution in [2.24, 2.45) is 0 Å². The Kier molecular flexibility index (Phi) is 2.95. The molecule has 4 nitrogen and oxygen atoms in total. The lowest BCUT2D eigenvalue weighted by Gasteiger charge is -2.27. The monoisotopic (exact) mass is 308 g/mol. The third-order valence-electron chi connectivity index (χ3n) is 3.27. The van der Waals surface area contributed by atoms with Crippen LogP contribution in [-0.2, 0) is 0 Å². The first-order valence-electron chi connectivity index (χ1n) is 5.91. The zero-order chi connectivity index (χ0) is 12.7. The molecule has 0 atom stereocenters. The van der Waals surface area contributed by atoms with E-state index in [4.69, 9.17) is 4.52 Å². The first-order chi connectivity index (χ1) is 8.63. The van der Waals surface area contributed by atoms with E-state index in [0.29, 0.717) is 11.7 Å². The van der Waals surface area contributed by atoms with Crippen molar-refractivity contribution in [3.63, 3.8) is 0 Å². The highest BCUT2D eigenvalue weighted by Crippen LogP contribution is 2.37. The molecule has 94 valence electrons. The van der Waals surface area contributed by atoms with E-state index in [1.165, 1.54) is 5.56 Å². The lowest BCUT2D eigenvalue weighted by atomic mass is 9.82. The summed E-state index contributed by atoms with van der Waals surface area (Å²) in [4.78, 5) is 4.41. The minimum Gasteiger partial charge on any atom is -0.393 e. The molecule has 1 aliphatic rings. The Labute approximate surface area is 113 Å². The maximum atomic E-state index is 9.28. The molecule has 0 radical (unpaired) electrons. The second kappa shape index (κ2) is 4.48. The van der Waals surface area contributed by atoms with Crippen LogP contribution in [0.15, 0.2) is 27.2 Å². The fourth-order valence-electron chi connectivity index (χ4n) is 2.10. The molecule has 2 aromatic rings. The molecule has 18 heavy (non-hydrogen) atoms. The lowest BCUT2D eigenvalue weighted by molar-refractivity contribution is 0.0625. The SMILES string of the molecule is Cc1ccc(-c2noc(C3CC(O)C3)n2)c(Br)c1. The summed E-state index contributed by atoms with van der Waals surface area (Å²) < 4.78 is 6.23. The Hall–Kier alpha value is -1.20. The van der Waals surface area contributed by atoms with Crippen molar-refractivity contribution in [2.45, 2.75) is 31.8 Å². The Morgan fingerprint density at radius 3 is 2.83 bits per heavy atom. The number of benzene rings is 1. The summed E-state index contributed by atoms with van der Waals surface area (Å²) in [5.41, 5.74) is 2.10. The van der Waals surface area contributed by atoms with Gasteiger partial charge in [0.15, 0.2) is 0 Å². The molecule has 3 rings (SSSR count). The Bertz CT molecular complexity index is 576. The van der Waals surface area contributed by atoms with Crippen LogP contribution in [0.4, 0.5) is 0 Å². The molecule has 1 aliphatic carbocycles. The zero-order valence-corrected chi connectivity index (χ0v) is 11.5. The predicted molar refractivity (Wildman–Crippen MR) is 70.2 cm³/mol. The molecule has 1 aromatic carbocycles. The average Bonchev–Trinajstić information content (AvgIpc) is 2.73. The molecule has 0 bridgehead atoms. The summed E-state index contributed by atoms with van der Waals surface area (Å²) in [6.07, 6.45) is 1.23. The van der Waals surface area contributed by atoms with E-state index in [1.807, 2.05) is 25.1 Å². The van der Waals surface area contributed by atoms with Gasteiger partial charge in [-0.3, -0.25) is 0 Å². The molecule has 0 amide bonds. The van der Waals surface area contributed by atoms with Crippen LogP contribution in [0.5, 0.6) is 0 Å². The van der Waals surface area contributed by atoms with Gasteiger partial charge in [0.25, 0.3) is 0 Å². The normalized spacial score (nSPS) is 22.8. The fourth-order valence-corrected chi connectivity index (χ4v) is 2.77. The van der Waals surface area contributed by atoms with E-state index in [2.05, 4.69) is 26.1 Å². The highest BCUT2D eigenvalue weighted by Gasteiger charge is 2.33. The Balaban J connectivity index is 1.88. The molecule has 1 fully saturated rings. The van der Waals surface area contributed by atoms with Crippen molar-refractivity contribution in [3.05, 3.63) is 34.1 Å². The van der Waals surface area contributed by atoms with Gasteiger partial charge in [0.2, 0.25) is 11.7 Å². The van der Waals surface area contributed by atoms with Gasteiger partial charge in [-0.2, -0.15) is 4.98 Å². The van der Waals surface area contributed by atoms with Crippen molar-refractivity contribution in [1.29, 1.82) is 0 Å². The molecule has 5 heteroatoms. The first kappa shape index (κ1) is 11.9. The minimum atomic E-state index is -0.212. The highest BCUT2D eigenvalue weighted by molar-refractivity contribution is 9.10. The standard InChI is InChI=1S/C13H13BrN2O2/c1-7-2-3-10(11(14)4-7)12-15-13(18-16-12)8-5-9(17)6-8/h2-4,8-9,17H,5-6H2,1H3. The Morgan fingerprint density at radius 2 is 2.17 bits per heavy atom. The summed E-state index contributed by atoms with van der Waals surface area (Å²) in [6, 6.07) is 6.02. The zero-order valence-electron chi connectivity index (χ0n) is 9.93. The van der Waals surface area contributed by atoms with Crippen LogP contribution < -0.4 is 0 Å². The van der Waals surface area contributed by atoms with Crippen LogP contribution in [-0.4, -0.2) is 21.4 Å². The number of nitrogens with zero attached hydrogens (tertiary/aromatic N) is 2. The van der Waals surface area contributed by atoms with Gasteiger partial charge in [0.05, 0.1) is 6.10 Å². The summed E-state index contributed by atoms with van der Waals surface area (Å²) in [5.74, 6) is 1.44. The second-order valence-electron chi connectivity index (χ2n) is 4.76. The fraction of sp³-hybridized carbons (Fsp3) is 0.385. The summed E-state index contributed by atoms with van der Waals surface area (Å²) in [5, 5.41) is 13.3. The van der Waals surface area contributed by atoms with Crippen LogP contribution in [0.25, 0.3) is 11.4 Å². The second-order valence-corrected chi connectivity index (χ2v) is 5.62. The maximum Gasteiger partial charge on any atom is 0.230 e. The van der Waals surface area contributed by atoms with Crippen molar-refractivity contribution >= 4 is 15.9 Å². The first-order valence-corrected chi connectivity index (χ1v) is 6.71. The van der Waals surface area contributed by atoms with Crippen LogP contribution in [0, 0.1) is 6.92 Å². The predicted octanol–water partition coefficient (Wildman–Crippen LogP) is 3.05. The number of rotatable bonds is 2. The molecule has 1 saturated carbocycles. The third kappa shape index (κ3) is 2.08. The van der Waals surface area contributed by atoms with Crippen LogP contribution in [0.2, 0.25) is 0 Å². The van der Waals surface area contributed by atoms with Crippen molar-refractivity contribution in [3.8, 4) is 11.4 Å². The summed E-state index contributed by atoms with van der Waals surface area (Å²) in [6.45, 7) is 2.03. The highest BCUT2D eigenvalue weighted by atomic mass is 79.9. The number of aliphatic hydroxyl groups is 1.